The smallest absolute Gasteiger partial charge is 0.392 e. The fraction of sp³-hybridized carbons (Fsp3) is 0.455. The van der Waals surface area contributed by atoms with Crippen LogP contribution < -0.4 is 10.1 Å². The van der Waals surface area contributed by atoms with Crippen molar-refractivity contribution in [2.45, 2.75) is 52.8 Å². The molecule has 0 saturated carbocycles. The van der Waals surface area contributed by atoms with E-state index in [0.717, 1.165) is 11.3 Å². The zero-order valence-corrected chi connectivity index (χ0v) is 19.0. The van der Waals surface area contributed by atoms with Crippen LogP contribution >= 0.6 is 11.6 Å². The van der Waals surface area contributed by atoms with Crippen LogP contribution in [0, 0.1) is 12.8 Å². The molecule has 1 unspecified atom stereocenters. The van der Waals surface area contributed by atoms with Crippen molar-refractivity contribution < 1.29 is 27.5 Å². The second-order valence-electron chi connectivity index (χ2n) is 7.75. The number of Topliss-reactive ketones (excluding diaryl/α,β-unsaturated/α-hetero) is 1. The summed E-state index contributed by atoms with van der Waals surface area (Å²) in [5, 5.41) is 2.75. The SMILES string of the molecule is Cc1cc(C(C)NC(=O)c2cnc(OCCC(F)(F)F)c(Cl)c2)cc(CC(=O)C(C)C)n1. The monoisotopic (exact) mass is 471 g/mol. The largest absolute Gasteiger partial charge is 0.476 e. The van der Waals surface area contributed by atoms with Gasteiger partial charge in [-0.15, -0.1) is 0 Å². The van der Waals surface area contributed by atoms with Crippen LogP contribution in [0.2, 0.25) is 5.02 Å². The Balaban J connectivity index is 2.06. The highest BCUT2D eigenvalue weighted by Gasteiger charge is 2.27. The Hall–Kier alpha value is -2.68. The predicted octanol–water partition coefficient (Wildman–Crippen LogP) is 5.03. The molecule has 0 spiro atoms. The minimum Gasteiger partial charge on any atom is -0.476 e. The van der Waals surface area contributed by atoms with Crippen LogP contribution in [0.5, 0.6) is 5.88 Å². The number of aryl methyl sites for hydroxylation is 1. The standard InChI is InChI=1S/C22H25ClF3N3O3/c1-12(2)19(30)10-17-8-15(7-13(3)28-17)14(4)29-20(31)16-9-18(23)21(27-11-16)32-6-5-22(24,25)26/h7-9,11-12,14H,5-6,10H2,1-4H3,(H,29,31). The maximum absolute atomic E-state index is 12.6. The Morgan fingerprint density at radius 3 is 2.47 bits per heavy atom. The van der Waals surface area contributed by atoms with Crippen molar-refractivity contribution in [1.29, 1.82) is 0 Å². The molecule has 0 aromatic carbocycles. The molecule has 2 aromatic heterocycles. The number of rotatable bonds is 9. The van der Waals surface area contributed by atoms with Crippen LogP contribution in [0.4, 0.5) is 13.2 Å². The summed E-state index contributed by atoms with van der Waals surface area (Å²) < 4.78 is 41.6. The molecule has 0 aliphatic heterocycles. The number of pyridine rings is 2. The zero-order chi connectivity index (χ0) is 24.1. The van der Waals surface area contributed by atoms with Gasteiger partial charge in [0.2, 0.25) is 5.88 Å². The number of nitrogens with one attached hydrogen (secondary N) is 1. The van der Waals surface area contributed by atoms with Crippen molar-refractivity contribution in [3.63, 3.8) is 0 Å². The molecule has 2 heterocycles. The third-order valence-corrected chi connectivity index (χ3v) is 4.84. The molecule has 0 saturated heterocycles. The van der Waals surface area contributed by atoms with E-state index in [4.69, 9.17) is 16.3 Å². The van der Waals surface area contributed by atoms with Crippen LogP contribution in [0.15, 0.2) is 24.4 Å². The minimum absolute atomic E-state index is 0.0679. The van der Waals surface area contributed by atoms with Crippen molar-refractivity contribution in [2.24, 2.45) is 5.92 Å². The molecule has 1 amide bonds. The van der Waals surface area contributed by atoms with Gasteiger partial charge in [0, 0.05) is 29.9 Å². The first-order valence-corrected chi connectivity index (χ1v) is 10.4. The summed E-state index contributed by atoms with van der Waals surface area (Å²) in [5.74, 6) is -0.674. The van der Waals surface area contributed by atoms with Gasteiger partial charge in [-0.3, -0.25) is 14.6 Å². The molecule has 1 N–H and O–H groups in total. The van der Waals surface area contributed by atoms with Crippen LogP contribution in [0.25, 0.3) is 0 Å². The van der Waals surface area contributed by atoms with Crippen molar-refractivity contribution in [3.05, 3.63) is 51.9 Å². The van der Waals surface area contributed by atoms with E-state index in [9.17, 15) is 22.8 Å². The van der Waals surface area contributed by atoms with E-state index in [1.54, 1.807) is 13.0 Å². The van der Waals surface area contributed by atoms with Gasteiger partial charge in [0.15, 0.2) is 0 Å². The molecule has 0 radical (unpaired) electrons. The van der Waals surface area contributed by atoms with E-state index in [1.807, 2.05) is 26.8 Å². The highest BCUT2D eigenvalue weighted by molar-refractivity contribution is 6.32. The number of aromatic nitrogens is 2. The van der Waals surface area contributed by atoms with Gasteiger partial charge < -0.3 is 10.1 Å². The highest BCUT2D eigenvalue weighted by Crippen LogP contribution is 2.25. The minimum atomic E-state index is -4.35. The molecule has 2 rings (SSSR count). The van der Waals surface area contributed by atoms with E-state index >= 15 is 0 Å². The molecular weight excluding hydrogens is 447 g/mol. The third kappa shape index (κ3) is 7.78. The molecule has 0 aliphatic rings. The van der Waals surface area contributed by atoms with Gasteiger partial charge in [0.05, 0.1) is 24.6 Å². The van der Waals surface area contributed by atoms with E-state index in [1.165, 1.54) is 12.3 Å². The number of hydrogen-bond donors (Lipinski definition) is 1. The average molecular weight is 472 g/mol. The number of ether oxygens (including phenoxy) is 1. The lowest BCUT2D eigenvalue weighted by molar-refractivity contribution is -0.139. The van der Waals surface area contributed by atoms with Gasteiger partial charge in [-0.1, -0.05) is 25.4 Å². The van der Waals surface area contributed by atoms with Crippen LogP contribution in [0.3, 0.4) is 0 Å². The lowest BCUT2D eigenvalue weighted by Crippen LogP contribution is -2.27. The van der Waals surface area contributed by atoms with Gasteiger partial charge in [-0.05, 0) is 37.6 Å². The maximum Gasteiger partial charge on any atom is 0.392 e. The first kappa shape index (κ1) is 25.6. The third-order valence-electron chi connectivity index (χ3n) is 4.57. The Morgan fingerprint density at radius 2 is 1.88 bits per heavy atom. The summed E-state index contributed by atoms with van der Waals surface area (Å²) in [6.07, 6.45) is -4.10. The number of carbonyl (C=O) groups excluding carboxylic acids is 2. The van der Waals surface area contributed by atoms with Crippen molar-refractivity contribution in [3.8, 4) is 5.88 Å². The summed E-state index contributed by atoms with van der Waals surface area (Å²) in [5.41, 5.74) is 2.26. The molecule has 10 heteroatoms. The Kier molecular flexibility index (Phi) is 8.60. The normalized spacial score (nSPS) is 12.5. The molecule has 0 bridgehead atoms. The fourth-order valence-corrected chi connectivity index (χ4v) is 2.99. The summed E-state index contributed by atoms with van der Waals surface area (Å²) >= 11 is 6.00. The van der Waals surface area contributed by atoms with Gasteiger partial charge in [0.25, 0.3) is 5.91 Å². The fourth-order valence-electron chi connectivity index (χ4n) is 2.77. The Bertz CT molecular complexity index is 981. The number of carbonyl (C=O) groups is 2. The first-order valence-electron chi connectivity index (χ1n) is 10.0. The molecule has 174 valence electrons. The quantitative estimate of drug-likeness (QED) is 0.555. The maximum atomic E-state index is 12.6. The van der Waals surface area contributed by atoms with Crippen molar-refractivity contribution in [1.82, 2.24) is 15.3 Å². The second kappa shape index (κ2) is 10.8. The van der Waals surface area contributed by atoms with Gasteiger partial charge >= 0.3 is 6.18 Å². The summed E-state index contributed by atoms with van der Waals surface area (Å²) in [6.45, 7) is 6.62. The Labute approximate surface area is 189 Å². The van der Waals surface area contributed by atoms with E-state index in [-0.39, 0.29) is 34.6 Å². The number of amides is 1. The van der Waals surface area contributed by atoms with E-state index < -0.39 is 31.2 Å². The van der Waals surface area contributed by atoms with Crippen LogP contribution in [0.1, 0.15) is 60.5 Å². The lowest BCUT2D eigenvalue weighted by Gasteiger charge is -2.16. The highest BCUT2D eigenvalue weighted by atomic mass is 35.5. The first-order chi connectivity index (χ1) is 14.9. The van der Waals surface area contributed by atoms with E-state index in [0.29, 0.717) is 5.69 Å². The number of halogens is 4. The number of nitrogens with zero attached hydrogens (tertiary/aromatic N) is 2. The molecule has 0 aliphatic carbocycles. The van der Waals surface area contributed by atoms with Gasteiger partial charge in [0.1, 0.15) is 10.8 Å². The van der Waals surface area contributed by atoms with Gasteiger partial charge in [-0.25, -0.2) is 4.98 Å². The lowest BCUT2D eigenvalue weighted by atomic mass is 10.0. The van der Waals surface area contributed by atoms with Gasteiger partial charge in [-0.2, -0.15) is 13.2 Å². The summed E-state index contributed by atoms with van der Waals surface area (Å²) in [7, 11) is 0. The topological polar surface area (TPSA) is 81.2 Å². The Morgan fingerprint density at radius 1 is 1.19 bits per heavy atom. The summed E-state index contributed by atoms with van der Waals surface area (Å²) in [4.78, 5) is 32.9. The second-order valence-corrected chi connectivity index (χ2v) is 8.16. The number of alkyl halides is 3. The molecule has 32 heavy (non-hydrogen) atoms. The van der Waals surface area contributed by atoms with Crippen molar-refractivity contribution in [2.75, 3.05) is 6.61 Å². The zero-order valence-electron chi connectivity index (χ0n) is 18.2. The predicted molar refractivity (Wildman–Crippen MR) is 114 cm³/mol. The molecule has 1 atom stereocenters. The number of ketones is 1. The number of hydrogen-bond acceptors (Lipinski definition) is 5. The van der Waals surface area contributed by atoms with Crippen LogP contribution in [-0.2, 0) is 11.2 Å². The summed E-state index contributed by atoms with van der Waals surface area (Å²) in [6, 6.07) is 4.47. The average Bonchev–Trinajstić information content (AvgIpc) is 2.67. The van der Waals surface area contributed by atoms with Crippen LogP contribution in [-0.4, -0.2) is 34.4 Å². The molecule has 0 fully saturated rings. The van der Waals surface area contributed by atoms with Crippen molar-refractivity contribution >= 4 is 23.3 Å². The molecule has 6 nitrogen and oxygen atoms in total. The molecular formula is C22H25ClF3N3O3. The van der Waals surface area contributed by atoms with E-state index in [2.05, 4.69) is 15.3 Å². The molecule has 2 aromatic rings.